The van der Waals surface area contributed by atoms with Gasteiger partial charge in [-0.1, -0.05) is 6.07 Å². The maximum absolute atomic E-state index is 11.8. The van der Waals surface area contributed by atoms with Crippen LogP contribution in [0.5, 0.6) is 0 Å². The molecular weight excluding hydrogens is 312 g/mol. The number of aryl methyl sites for hydroxylation is 1. The third-order valence-corrected chi connectivity index (χ3v) is 4.16. The second-order valence-corrected chi connectivity index (χ2v) is 6.47. The van der Waals surface area contributed by atoms with Crippen molar-refractivity contribution < 1.29 is 4.79 Å². The summed E-state index contributed by atoms with van der Waals surface area (Å²) in [5, 5.41) is 2.90. The Labute approximate surface area is 118 Å². The normalized spacial score (nSPS) is 10.3. The first-order valence-electron chi connectivity index (χ1n) is 5.56. The zero-order valence-corrected chi connectivity index (χ0v) is 12.3. The van der Waals surface area contributed by atoms with Gasteiger partial charge in [0.2, 0.25) is 5.91 Å². The highest BCUT2D eigenvalue weighted by Gasteiger charge is 2.07. The van der Waals surface area contributed by atoms with E-state index in [9.17, 15) is 4.79 Å². The maximum Gasteiger partial charge on any atom is 0.226 e. The van der Waals surface area contributed by atoms with E-state index in [1.807, 2.05) is 31.2 Å². The van der Waals surface area contributed by atoms with Crippen molar-refractivity contribution in [2.45, 2.75) is 19.9 Å². The van der Waals surface area contributed by atoms with Crippen molar-refractivity contribution in [2.24, 2.45) is 0 Å². The lowest BCUT2D eigenvalue weighted by Crippen LogP contribution is -2.24. The van der Waals surface area contributed by atoms with Gasteiger partial charge in [0, 0.05) is 11.1 Å². The number of thiophene rings is 1. The molecule has 2 heterocycles. The van der Waals surface area contributed by atoms with Crippen LogP contribution in [-0.4, -0.2) is 10.9 Å². The molecule has 0 fully saturated rings. The molecule has 94 valence electrons. The number of nitrogens with zero attached hydrogens (tertiary/aromatic N) is 1. The van der Waals surface area contributed by atoms with Gasteiger partial charge in [-0.2, -0.15) is 0 Å². The first-order valence-corrected chi connectivity index (χ1v) is 7.17. The topological polar surface area (TPSA) is 42.0 Å². The Morgan fingerprint density at radius 2 is 2.28 bits per heavy atom. The zero-order chi connectivity index (χ0) is 13.0. The fourth-order valence-electron chi connectivity index (χ4n) is 1.55. The Kier molecular flexibility index (Phi) is 4.49. The molecule has 0 radical (unpaired) electrons. The first kappa shape index (κ1) is 13.2. The standard InChI is InChI=1S/C13H13BrN2OS/c1-9-3-2-6-15-11(9)7-13(17)16-8-10-4-5-12(14)18-10/h2-6H,7-8H2,1H3,(H,16,17). The van der Waals surface area contributed by atoms with Crippen LogP contribution in [0.1, 0.15) is 16.1 Å². The monoisotopic (exact) mass is 324 g/mol. The number of pyridine rings is 1. The SMILES string of the molecule is Cc1cccnc1CC(=O)NCc1ccc(Br)s1. The third-order valence-electron chi connectivity index (χ3n) is 2.53. The van der Waals surface area contributed by atoms with Gasteiger partial charge < -0.3 is 5.32 Å². The van der Waals surface area contributed by atoms with E-state index in [4.69, 9.17) is 0 Å². The second kappa shape index (κ2) is 6.11. The van der Waals surface area contributed by atoms with Gasteiger partial charge in [-0.3, -0.25) is 9.78 Å². The lowest BCUT2D eigenvalue weighted by molar-refractivity contribution is -0.120. The molecule has 5 heteroatoms. The van der Waals surface area contributed by atoms with Crippen LogP contribution in [0, 0.1) is 6.92 Å². The number of halogens is 1. The molecule has 0 saturated carbocycles. The van der Waals surface area contributed by atoms with Crippen LogP contribution >= 0.6 is 27.3 Å². The van der Waals surface area contributed by atoms with E-state index in [1.54, 1.807) is 17.5 Å². The van der Waals surface area contributed by atoms with Gasteiger partial charge in [0.15, 0.2) is 0 Å². The van der Waals surface area contributed by atoms with E-state index < -0.39 is 0 Å². The van der Waals surface area contributed by atoms with Crippen molar-refractivity contribution in [1.82, 2.24) is 10.3 Å². The summed E-state index contributed by atoms with van der Waals surface area (Å²) in [7, 11) is 0. The fourth-order valence-corrected chi connectivity index (χ4v) is 2.97. The fraction of sp³-hybridized carbons (Fsp3) is 0.231. The summed E-state index contributed by atoms with van der Waals surface area (Å²) in [5.41, 5.74) is 1.88. The number of hydrogen-bond donors (Lipinski definition) is 1. The predicted molar refractivity (Wildman–Crippen MR) is 76.5 cm³/mol. The minimum atomic E-state index is 0.00122. The van der Waals surface area contributed by atoms with Crippen LogP contribution in [0.4, 0.5) is 0 Å². The minimum Gasteiger partial charge on any atom is -0.351 e. The van der Waals surface area contributed by atoms with E-state index >= 15 is 0 Å². The summed E-state index contributed by atoms with van der Waals surface area (Å²) in [6.07, 6.45) is 2.05. The van der Waals surface area contributed by atoms with E-state index in [1.165, 1.54) is 0 Å². The number of carbonyl (C=O) groups excluding carboxylic acids is 1. The lowest BCUT2D eigenvalue weighted by Gasteiger charge is -2.05. The first-order chi connectivity index (χ1) is 8.65. The van der Waals surface area contributed by atoms with Crippen molar-refractivity contribution in [3.8, 4) is 0 Å². The number of carbonyl (C=O) groups is 1. The molecule has 3 nitrogen and oxygen atoms in total. The summed E-state index contributed by atoms with van der Waals surface area (Å²) in [6.45, 7) is 2.53. The molecule has 0 saturated heterocycles. The van der Waals surface area contributed by atoms with E-state index in [-0.39, 0.29) is 5.91 Å². The van der Waals surface area contributed by atoms with Gasteiger partial charge in [-0.15, -0.1) is 11.3 Å². The van der Waals surface area contributed by atoms with Crippen molar-refractivity contribution in [1.29, 1.82) is 0 Å². The van der Waals surface area contributed by atoms with Gasteiger partial charge in [0.05, 0.1) is 22.4 Å². The van der Waals surface area contributed by atoms with Crippen molar-refractivity contribution in [2.75, 3.05) is 0 Å². The molecular formula is C13H13BrN2OS. The maximum atomic E-state index is 11.8. The minimum absolute atomic E-state index is 0.00122. The van der Waals surface area contributed by atoms with Gasteiger partial charge in [-0.25, -0.2) is 0 Å². The molecule has 0 aliphatic carbocycles. The highest BCUT2D eigenvalue weighted by Crippen LogP contribution is 2.21. The van der Waals surface area contributed by atoms with Crippen LogP contribution < -0.4 is 5.32 Å². The molecule has 0 aromatic carbocycles. The summed E-state index contributed by atoms with van der Waals surface area (Å²) >= 11 is 5.02. The molecule has 0 bridgehead atoms. The van der Waals surface area contributed by atoms with Crippen molar-refractivity contribution in [3.05, 3.63) is 50.4 Å². The largest absolute Gasteiger partial charge is 0.351 e. The average molecular weight is 325 g/mol. The van der Waals surface area contributed by atoms with Gasteiger partial charge in [-0.05, 0) is 46.6 Å². The molecule has 0 aliphatic heterocycles. The van der Waals surface area contributed by atoms with E-state index in [0.717, 1.165) is 19.9 Å². The van der Waals surface area contributed by atoms with Crippen LogP contribution in [-0.2, 0) is 17.8 Å². The summed E-state index contributed by atoms with van der Waals surface area (Å²) in [4.78, 5) is 17.1. The zero-order valence-electron chi connectivity index (χ0n) is 9.94. The Morgan fingerprint density at radius 3 is 2.94 bits per heavy atom. The van der Waals surface area contributed by atoms with Gasteiger partial charge >= 0.3 is 0 Å². The molecule has 18 heavy (non-hydrogen) atoms. The van der Waals surface area contributed by atoms with Crippen LogP contribution in [0.25, 0.3) is 0 Å². The lowest BCUT2D eigenvalue weighted by atomic mass is 10.1. The Hall–Kier alpha value is -1.20. The molecule has 2 aromatic rings. The molecule has 0 unspecified atom stereocenters. The number of aromatic nitrogens is 1. The molecule has 0 aliphatic rings. The van der Waals surface area contributed by atoms with Crippen molar-refractivity contribution in [3.63, 3.8) is 0 Å². The van der Waals surface area contributed by atoms with Crippen molar-refractivity contribution >= 4 is 33.2 Å². The number of hydrogen-bond acceptors (Lipinski definition) is 3. The van der Waals surface area contributed by atoms with E-state index in [2.05, 4.69) is 26.2 Å². The molecule has 0 spiro atoms. The Bertz CT molecular complexity index is 553. The van der Waals surface area contributed by atoms with Crippen LogP contribution in [0.15, 0.2) is 34.2 Å². The summed E-state index contributed by atoms with van der Waals surface area (Å²) in [5.74, 6) is 0.00122. The quantitative estimate of drug-likeness (QED) is 0.939. The van der Waals surface area contributed by atoms with Crippen LogP contribution in [0.3, 0.4) is 0 Å². The Balaban J connectivity index is 1.88. The highest BCUT2D eigenvalue weighted by molar-refractivity contribution is 9.11. The van der Waals surface area contributed by atoms with E-state index in [0.29, 0.717) is 13.0 Å². The predicted octanol–water partition coefficient (Wildman–Crippen LogP) is 3.07. The molecule has 0 atom stereocenters. The highest BCUT2D eigenvalue weighted by atomic mass is 79.9. The number of amides is 1. The van der Waals surface area contributed by atoms with Crippen LogP contribution in [0.2, 0.25) is 0 Å². The molecule has 1 N–H and O–H groups in total. The number of nitrogens with one attached hydrogen (secondary N) is 1. The third kappa shape index (κ3) is 3.65. The smallest absolute Gasteiger partial charge is 0.226 e. The summed E-state index contributed by atoms with van der Waals surface area (Å²) in [6, 6.07) is 7.82. The molecule has 2 rings (SSSR count). The molecule has 1 amide bonds. The second-order valence-electron chi connectivity index (χ2n) is 3.93. The molecule has 2 aromatic heterocycles. The summed E-state index contributed by atoms with van der Waals surface area (Å²) < 4.78 is 1.08. The van der Waals surface area contributed by atoms with Gasteiger partial charge in [0.25, 0.3) is 0 Å². The average Bonchev–Trinajstić information content (AvgIpc) is 2.76. The number of rotatable bonds is 4. The Morgan fingerprint density at radius 1 is 1.44 bits per heavy atom. The van der Waals surface area contributed by atoms with Gasteiger partial charge in [0.1, 0.15) is 0 Å².